The third kappa shape index (κ3) is 4.24. The second-order valence-electron chi connectivity index (χ2n) is 7.36. The van der Waals surface area contributed by atoms with Crippen LogP contribution in [0.3, 0.4) is 0 Å². The van der Waals surface area contributed by atoms with Crippen molar-refractivity contribution in [2.75, 3.05) is 39.4 Å². The number of carbonyl (C=O) groups is 2. The van der Waals surface area contributed by atoms with E-state index in [2.05, 4.69) is 0 Å². The van der Waals surface area contributed by atoms with Gasteiger partial charge in [-0.25, -0.2) is 0 Å². The van der Waals surface area contributed by atoms with E-state index in [1.165, 1.54) is 34.5 Å². The Labute approximate surface area is 174 Å². The fourth-order valence-electron chi connectivity index (χ4n) is 3.92. The molecule has 0 spiro atoms. The van der Waals surface area contributed by atoms with Gasteiger partial charge < -0.3 is 28.5 Å². The summed E-state index contributed by atoms with van der Waals surface area (Å²) in [6.07, 6.45) is 6.55. The van der Waals surface area contributed by atoms with Crippen LogP contribution in [0.1, 0.15) is 24.0 Å². The summed E-state index contributed by atoms with van der Waals surface area (Å²) in [6.45, 7) is 4.68. The van der Waals surface area contributed by atoms with Crippen LogP contribution >= 0.6 is 0 Å². The van der Waals surface area contributed by atoms with Crippen LogP contribution in [0.4, 0.5) is 0 Å². The maximum atomic E-state index is 12.9. The van der Waals surface area contributed by atoms with E-state index in [0.717, 1.165) is 39.3 Å². The van der Waals surface area contributed by atoms with Gasteiger partial charge in [0.15, 0.2) is 11.5 Å². The lowest BCUT2D eigenvalue weighted by molar-refractivity contribution is -0.908. The maximum absolute atomic E-state index is 12.9. The Kier molecular flexibility index (Phi) is 6.15. The van der Waals surface area contributed by atoms with E-state index in [1.54, 1.807) is 24.3 Å². The molecule has 2 aliphatic rings. The molecule has 0 aromatic carbocycles. The molecule has 2 aromatic rings. The number of aliphatic hydroxyl groups excluding tert-OH is 1. The lowest BCUT2D eigenvalue weighted by atomic mass is 10.0. The van der Waals surface area contributed by atoms with E-state index in [0.29, 0.717) is 18.1 Å². The number of ether oxygens (including phenoxy) is 1. The quantitative estimate of drug-likeness (QED) is 0.631. The molecule has 1 fully saturated rings. The zero-order valence-corrected chi connectivity index (χ0v) is 16.6. The number of allylic oxidation sites excluding steroid dienone is 1. The van der Waals surface area contributed by atoms with Crippen LogP contribution in [-0.4, -0.2) is 61.1 Å². The summed E-state index contributed by atoms with van der Waals surface area (Å²) in [6, 6.07) is 6.08. The monoisotopic (exact) mass is 413 g/mol. The summed E-state index contributed by atoms with van der Waals surface area (Å²) in [5, 5.41) is 10.5. The number of nitrogens with zero attached hydrogens (tertiary/aromatic N) is 1. The van der Waals surface area contributed by atoms with Crippen molar-refractivity contribution in [3.8, 4) is 0 Å². The van der Waals surface area contributed by atoms with Gasteiger partial charge in [-0.2, -0.15) is 0 Å². The zero-order valence-electron chi connectivity index (χ0n) is 16.6. The minimum atomic E-state index is -0.749. The molecule has 2 aromatic heterocycles. The van der Waals surface area contributed by atoms with Crippen molar-refractivity contribution in [2.24, 2.45) is 0 Å². The van der Waals surface area contributed by atoms with Crippen molar-refractivity contribution in [3.63, 3.8) is 0 Å². The molecule has 1 saturated heterocycles. The topological polar surface area (TPSA) is 97.6 Å². The van der Waals surface area contributed by atoms with Gasteiger partial charge in [0.25, 0.3) is 5.91 Å². The molecule has 2 aliphatic heterocycles. The van der Waals surface area contributed by atoms with Crippen LogP contribution in [0.2, 0.25) is 0 Å². The summed E-state index contributed by atoms with van der Waals surface area (Å²) in [5.74, 6) is -0.583. The maximum Gasteiger partial charge on any atom is 0.290 e. The highest BCUT2D eigenvalue weighted by Gasteiger charge is 2.44. The Morgan fingerprint density at radius 1 is 1.20 bits per heavy atom. The molecule has 1 amide bonds. The first kappa shape index (κ1) is 20.2. The first-order valence-corrected chi connectivity index (χ1v) is 10.1. The van der Waals surface area contributed by atoms with Gasteiger partial charge >= 0.3 is 0 Å². The van der Waals surface area contributed by atoms with E-state index in [4.69, 9.17) is 13.6 Å². The van der Waals surface area contributed by atoms with Crippen molar-refractivity contribution in [1.29, 1.82) is 0 Å². The lowest BCUT2D eigenvalue weighted by Gasteiger charge is -2.27. The van der Waals surface area contributed by atoms with Crippen LogP contribution in [0, 0.1) is 0 Å². The molecule has 4 rings (SSSR count). The Morgan fingerprint density at radius 3 is 2.67 bits per heavy atom. The standard InChI is InChI=1S/C22H24N2O6/c25-17(7-6-16-4-1-12-29-16)19-20(18-5-2-13-30-18)24(22(27)21(19)26)9-3-8-23-10-14-28-15-11-23/h1-2,4-7,12-13,20,26H,3,8-11,14-15H2/p+1/b7-6+/t20-/m0/s1. The fraction of sp³-hybridized carbons (Fsp3) is 0.364. The number of quaternary nitrogens is 1. The average molecular weight is 413 g/mol. The number of rotatable bonds is 8. The van der Waals surface area contributed by atoms with Crippen molar-refractivity contribution in [3.05, 3.63) is 65.7 Å². The molecule has 0 saturated carbocycles. The van der Waals surface area contributed by atoms with Gasteiger partial charge in [-0.3, -0.25) is 9.59 Å². The Hall–Kier alpha value is -3.10. The van der Waals surface area contributed by atoms with Gasteiger partial charge in [0, 0.05) is 13.0 Å². The number of furan rings is 2. The Morgan fingerprint density at radius 2 is 1.97 bits per heavy atom. The zero-order chi connectivity index (χ0) is 20.9. The third-order valence-electron chi connectivity index (χ3n) is 5.45. The first-order valence-electron chi connectivity index (χ1n) is 10.1. The lowest BCUT2D eigenvalue weighted by Crippen LogP contribution is -3.14. The number of hydrogen-bond donors (Lipinski definition) is 2. The minimum Gasteiger partial charge on any atom is -0.503 e. The van der Waals surface area contributed by atoms with Crippen LogP contribution in [0.15, 0.2) is 63.0 Å². The van der Waals surface area contributed by atoms with Crippen molar-refractivity contribution in [1.82, 2.24) is 4.90 Å². The molecule has 4 heterocycles. The molecule has 2 N–H and O–H groups in total. The molecule has 1 atom stereocenters. The molecular formula is C22H25N2O6+. The molecule has 0 unspecified atom stereocenters. The van der Waals surface area contributed by atoms with Gasteiger partial charge in [0.2, 0.25) is 0 Å². The molecule has 8 heteroatoms. The number of nitrogens with one attached hydrogen (secondary N) is 1. The van der Waals surface area contributed by atoms with Gasteiger partial charge in [-0.15, -0.1) is 0 Å². The number of ketones is 1. The third-order valence-corrected chi connectivity index (χ3v) is 5.45. The minimum absolute atomic E-state index is 0.0245. The SMILES string of the molecule is O=C(/C=C/c1ccco1)C1=C(O)C(=O)N(CCC[NH+]2CCOCC2)[C@H]1c1ccco1. The largest absolute Gasteiger partial charge is 0.503 e. The van der Waals surface area contributed by atoms with E-state index < -0.39 is 23.5 Å². The molecule has 8 nitrogen and oxygen atoms in total. The number of aliphatic hydroxyl groups is 1. The van der Waals surface area contributed by atoms with Crippen LogP contribution in [0.25, 0.3) is 6.08 Å². The van der Waals surface area contributed by atoms with Crippen LogP contribution < -0.4 is 4.90 Å². The summed E-state index contributed by atoms with van der Waals surface area (Å²) in [5.41, 5.74) is 0.0245. The summed E-state index contributed by atoms with van der Waals surface area (Å²) in [4.78, 5) is 28.6. The smallest absolute Gasteiger partial charge is 0.290 e. The van der Waals surface area contributed by atoms with Crippen molar-refractivity contribution in [2.45, 2.75) is 12.5 Å². The summed E-state index contributed by atoms with van der Waals surface area (Å²) < 4.78 is 16.1. The molecule has 0 radical (unpaired) electrons. The van der Waals surface area contributed by atoms with Crippen LogP contribution in [0.5, 0.6) is 0 Å². The van der Waals surface area contributed by atoms with Crippen molar-refractivity contribution < 1.29 is 33.2 Å². The first-order chi connectivity index (χ1) is 14.6. The molecular weight excluding hydrogens is 388 g/mol. The predicted octanol–water partition coefficient (Wildman–Crippen LogP) is 1.16. The second-order valence-corrected chi connectivity index (χ2v) is 7.36. The highest BCUT2D eigenvalue weighted by Crippen LogP contribution is 2.38. The van der Waals surface area contributed by atoms with Gasteiger partial charge in [0.1, 0.15) is 30.7 Å². The molecule has 30 heavy (non-hydrogen) atoms. The van der Waals surface area contributed by atoms with E-state index >= 15 is 0 Å². The summed E-state index contributed by atoms with van der Waals surface area (Å²) >= 11 is 0. The fourth-order valence-corrected chi connectivity index (χ4v) is 3.92. The van der Waals surface area contributed by atoms with E-state index in [1.807, 2.05) is 0 Å². The van der Waals surface area contributed by atoms with Crippen LogP contribution in [-0.2, 0) is 14.3 Å². The number of carbonyl (C=O) groups excluding carboxylic acids is 2. The van der Waals surface area contributed by atoms with Gasteiger partial charge in [0.05, 0.1) is 37.9 Å². The average Bonchev–Trinajstić information content (AvgIpc) is 3.51. The molecule has 158 valence electrons. The number of hydrogen-bond acceptors (Lipinski definition) is 6. The normalized spacial score (nSPS) is 20.6. The highest BCUT2D eigenvalue weighted by molar-refractivity contribution is 6.14. The Balaban J connectivity index is 1.51. The number of morpholine rings is 1. The van der Waals surface area contributed by atoms with Gasteiger partial charge in [-0.05, 0) is 36.4 Å². The van der Waals surface area contributed by atoms with E-state index in [9.17, 15) is 14.7 Å². The van der Waals surface area contributed by atoms with E-state index in [-0.39, 0.29) is 5.57 Å². The second kappa shape index (κ2) is 9.15. The molecule has 0 bridgehead atoms. The summed E-state index contributed by atoms with van der Waals surface area (Å²) in [7, 11) is 0. The molecule has 0 aliphatic carbocycles. The van der Waals surface area contributed by atoms with Crippen molar-refractivity contribution >= 4 is 17.8 Å². The van der Waals surface area contributed by atoms with Gasteiger partial charge in [-0.1, -0.05) is 0 Å². The number of amides is 1. The highest BCUT2D eigenvalue weighted by atomic mass is 16.5. The predicted molar refractivity (Wildman–Crippen MR) is 107 cm³/mol. The Bertz CT molecular complexity index is 923.